The first-order valence-electron chi connectivity index (χ1n) is 5.34. The van der Waals surface area contributed by atoms with Crippen molar-refractivity contribution in [2.75, 3.05) is 11.9 Å². The number of aromatic nitrogens is 2. The smallest absolute Gasteiger partial charge is 0.272 e. The molecule has 2 heterocycles. The number of hydrogen-bond acceptors (Lipinski definition) is 3. The van der Waals surface area contributed by atoms with Gasteiger partial charge in [-0.2, -0.15) is 0 Å². The highest BCUT2D eigenvalue weighted by Gasteiger charge is 2.10. The number of H-pyrrole nitrogens is 1. The Hall–Kier alpha value is -2.30. The van der Waals surface area contributed by atoms with Gasteiger partial charge in [0.1, 0.15) is 11.4 Å². The van der Waals surface area contributed by atoms with Crippen LogP contribution in [0.4, 0.5) is 5.69 Å². The number of hydrogen-bond donors (Lipinski definition) is 2. The molecule has 0 fully saturated rings. The first-order chi connectivity index (χ1) is 8.31. The van der Waals surface area contributed by atoms with Crippen LogP contribution in [-0.4, -0.2) is 22.5 Å². The Kier molecular flexibility index (Phi) is 3.40. The van der Waals surface area contributed by atoms with Crippen LogP contribution in [0.3, 0.4) is 0 Å². The molecule has 0 spiro atoms. The molecule has 2 rings (SSSR count). The van der Waals surface area contributed by atoms with Gasteiger partial charge in [-0.05, 0) is 31.2 Å². The van der Waals surface area contributed by atoms with Crippen molar-refractivity contribution < 1.29 is 9.53 Å². The lowest BCUT2D eigenvalue weighted by Crippen LogP contribution is -2.13. The molecular weight excluding hydrogens is 218 g/mol. The van der Waals surface area contributed by atoms with Crippen LogP contribution in [0.25, 0.3) is 0 Å². The molecule has 88 valence electrons. The van der Waals surface area contributed by atoms with Crippen molar-refractivity contribution in [1.82, 2.24) is 9.97 Å². The van der Waals surface area contributed by atoms with Gasteiger partial charge in [-0.15, -0.1) is 0 Å². The van der Waals surface area contributed by atoms with Gasteiger partial charge < -0.3 is 15.0 Å². The summed E-state index contributed by atoms with van der Waals surface area (Å²) in [6.45, 7) is 2.37. The van der Waals surface area contributed by atoms with Gasteiger partial charge in [0.05, 0.1) is 6.61 Å². The van der Waals surface area contributed by atoms with Crippen LogP contribution in [0, 0.1) is 0 Å². The molecule has 0 bridgehead atoms. The first kappa shape index (κ1) is 11.2. The molecule has 0 radical (unpaired) electrons. The van der Waals surface area contributed by atoms with E-state index in [-0.39, 0.29) is 5.91 Å². The maximum Gasteiger partial charge on any atom is 0.272 e. The third kappa shape index (κ3) is 2.63. The van der Waals surface area contributed by atoms with Gasteiger partial charge in [-0.1, -0.05) is 0 Å². The zero-order valence-electron chi connectivity index (χ0n) is 9.43. The molecule has 2 N–H and O–H groups in total. The van der Waals surface area contributed by atoms with E-state index in [9.17, 15) is 4.79 Å². The number of amides is 1. The highest BCUT2D eigenvalue weighted by atomic mass is 16.5. The summed E-state index contributed by atoms with van der Waals surface area (Å²) in [7, 11) is 0. The summed E-state index contributed by atoms with van der Waals surface area (Å²) in [5.74, 6) is 0.207. The van der Waals surface area contributed by atoms with Gasteiger partial charge in [0, 0.05) is 12.4 Å². The quantitative estimate of drug-likeness (QED) is 0.846. The molecule has 0 aliphatic rings. The first-order valence-corrected chi connectivity index (χ1v) is 5.34. The number of nitrogens with one attached hydrogen (secondary N) is 2. The normalized spacial score (nSPS) is 9.94. The predicted octanol–water partition coefficient (Wildman–Crippen LogP) is 2.06. The number of aromatic amines is 1. The van der Waals surface area contributed by atoms with E-state index in [0.29, 0.717) is 23.9 Å². The fraction of sp³-hybridized carbons (Fsp3) is 0.167. The second-order valence-electron chi connectivity index (χ2n) is 3.33. The Morgan fingerprint density at radius 3 is 3.06 bits per heavy atom. The fourth-order valence-electron chi connectivity index (χ4n) is 1.40. The molecule has 5 nitrogen and oxygen atoms in total. The maximum absolute atomic E-state index is 11.8. The van der Waals surface area contributed by atoms with Crippen LogP contribution >= 0.6 is 0 Å². The van der Waals surface area contributed by atoms with Crippen molar-refractivity contribution in [3.8, 4) is 5.88 Å². The lowest BCUT2D eigenvalue weighted by Gasteiger charge is -2.09. The van der Waals surface area contributed by atoms with Crippen molar-refractivity contribution >= 4 is 11.6 Å². The van der Waals surface area contributed by atoms with Crippen LogP contribution < -0.4 is 10.1 Å². The molecule has 0 aliphatic carbocycles. The molecule has 1 amide bonds. The molecule has 0 saturated carbocycles. The summed E-state index contributed by atoms with van der Waals surface area (Å²) in [4.78, 5) is 18.7. The number of carbonyl (C=O) groups excluding carboxylic acids is 1. The van der Waals surface area contributed by atoms with E-state index < -0.39 is 0 Å². The minimum atomic E-state index is -0.219. The summed E-state index contributed by atoms with van der Waals surface area (Å²) in [6.07, 6.45) is 3.32. The summed E-state index contributed by atoms with van der Waals surface area (Å²) < 4.78 is 5.32. The lowest BCUT2D eigenvalue weighted by molar-refractivity contribution is 0.102. The molecule has 0 saturated heterocycles. The van der Waals surface area contributed by atoms with E-state index in [1.54, 1.807) is 36.7 Å². The topological polar surface area (TPSA) is 67.0 Å². The van der Waals surface area contributed by atoms with E-state index >= 15 is 0 Å². The van der Waals surface area contributed by atoms with Crippen LogP contribution in [-0.2, 0) is 0 Å². The molecule has 0 aliphatic heterocycles. The Balaban J connectivity index is 2.15. The summed E-state index contributed by atoms with van der Waals surface area (Å²) in [5, 5.41) is 2.74. The number of carbonyl (C=O) groups is 1. The minimum absolute atomic E-state index is 0.219. The molecule has 0 unspecified atom stereocenters. The highest BCUT2D eigenvalue weighted by molar-refractivity contribution is 6.03. The van der Waals surface area contributed by atoms with Crippen LogP contribution in [0.2, 0.25) is 0 Å². The van der Waals surface area contributed by atoms with Crippen molar-refractivity contribution in [3.05, 3.63) is 42.4 Å². The SMILES string of the molecule is CCOc1ncccc1NC(=O)c1ccc[nH]1. The molecule has 2 aromatic rings. The van der Waals surface area contributed by atoms with E-state index in [1.807, 2.05) is 6.92 Å². The monoisotopic (exact) mass is 231 g/mol. The van der Waals surface area contributed by atoms with Crippen molar-refractivity contribution in [2.45, 2.75) is 6.92 Å². The van der Waals surface area contributed by atoms with E-state index in [0.717, 1.165) is 0 Å². The third-order valence-electron chi connectivity index (χ3n) is 2.14. The van der Waals surface area contributed by atoms with Gasteiger partial charge in [-0.25, -0.2) is 4.98 Å². The number of rotatable bonds is 4. The summed E-state index contributed by atoms with van der Waals surface area (Å²) in [6, 6.07) is 6.96. The predicted molar refractivity (Wildman–Crippen MR) is 64.2 cm³/mol. The fourth-order valence-corrected chi connectivity index (χ4v) is 1.40. The standard InChI is InChI=1S/C12H13N3O2/c1-2-17-12-10(6-4-8-14-12)15-11(16)9-5-3-7-13-9/h3-8,13H,2H2,1H3,(H,15,16). The van der Waals surface area contributed by atoms with E-state index in [2.05, 4.69) is 15.3 Å². The second kappa shape index (κ2) is 5.16. The molecule has 2 aromatic heterocycles. The molecular formula is C12H13N3O2. The van der Waals surface area contributed by atoms with Gasteiger partial charge in [0.25, 0.3) is 5.91 Å². The van der Waals surface area contributed by atoms with Crippen LogP contribution in [0.1, 0.15) is 17.4 Å². The Morgan fingerprint density at radius 1 is 1.47 bits per heavy atom. The zero-order chi connectivity index (χ0) is 12.1. The van der Waals surface area contributed by atoms with E-state index in [4.69, 9.17) is 4.74 Å². The van der Waals surface area contributed by atoms with Gasteiger partial charge in [-0.3, -0.25) is 4.79 Å². The van der Waals surface area contributed by atoms with Crippen LogP contribution in [0.15, 0.2) is 36.7 Å². The molecule has 0 aromatic carbocycles. The Morgan fingerprint density at radius 2 is 2.35 bits per heavy atom. The zero-order valence-corrected chi connectivity index (χ0v) is 9.43. The summed E-state index contributed by atoms with van der Waals surface area (Å²) in [5.41, 5.74) is 1.06. The van der Waals surface area contributed by atoms with E-state index in [1.165, 1.54) is 0 Å². The molecule has 17 heavy (non-hydrogen) atoms. The molecule has 5 heteroatoms. The minimum Gasteiger partial charge on any atom is -0.476 e. The highest BCUT2D eigenvalue weighted by Crippen LogP contribution is 2.20. The number of anilines is 1. The largest absolute Gasteiger partial charge is 0.476 e. The lowest BCUT2D eigenvalue weighted by atomic mass is 10.3. The Labute approximate surface area is 98.8 Å². The maximum atomic E-state index is 11.8. The second-order valence-corrected chi connectivity index (χ2v) is 3.33. The average Bonchev–Trinajstić information content (AvgIpc) is 2.85. The van der Waals surface area contributed by atoms with Crippen molar-refractivity contribution in [2.24, 2.45) is 0 Å². The summed E-state index contributed by atoms with van der Waals surface area (Å²) >= 11 is 0. The average molecular weight is 231 g/mol. The van der Waals surface area contributed by atoms with Crippen LogP contribution in [0.5, 0.6) is 5.88 Å². The van der Waals surface area contributed by atoms with Gasteiger partial charge >= 0.3 is 0 Å². The Bertz CT molecular complexity index is 494. The van der Waals surface area contributed by atoms with Gasteiger partial charge in [0.15, 0.2) is 0 Å². The van der Waals surface area contributed by atoms with Crippen molar-refractivity contribution in [1.29, 1.82) is 0 Å². The molecule has 0 atom stereocenters. The number of pyridine rings is 1. The number of ether oxygens (including phenoxy) is 1. The number of nitrogens with zero attached hydrogens (tertiary/aromatic N) is 1. The van der Waals surface area contributed by atoms with Gasteiger partial charge in [0.2, 0.25) is 5.88 Å². The van der Waals surface area contributed by atoms with Crippen molar-refractivity contribution in [3.63, 3.8) is 0 Å². The third-order valence-corrected chi connectivity index (χ3v) is 2.14.